The molecule has 0 fully saturated rings. The first-order valence-corrected chi connectivity index (χ1v) is 4.04. The lowest BCUT2D eigenvalue weighted by Crippen LogP contribution is -2.26. The van der Waals surface area contributed by atoms with Gasteiger partial charge in [0.15, 0.2) is 0 Å². The van der Waals surface area contributed by atoms with Crippen LogP contribution in [0.4, 0.5) is 0 Å². The smallest absolute Gasteiger partial charge is 0.472 e. The molecule has 0 N–H and O–H groups in total. The summed E-state index contributed by atoms with van der Waals surface area (Å²) in [4.78, 5) is 10.5. The number of hydrogen-bond acceptors (Lipinski definition) is 4. The van der Waals surface area contributed by atoms with E-state index < -0.39 is 15.5 Å². The van der Waals surface area contributed by atoms with Gasteiger partial charge < -0.3 is 13.3 Å². The Balaban J connectivity index is 3.62. The summed E-state index contributed by atoms with van der Waals surface area (Å²) in [6.07, 6.45) is 1.07. The average molecular weight is 162 g/mol. The second kappa shape index (κ2) is 5.16. The van der Waals surface area contributed by atoms with E-state index in [1.807, 2.05) is 0 Å². The van der Waals surface area contributed by atoms with Gasteiger partial charge in [-0.3, -0.25) is 0 Å². The van der Waals surface area contributed by atoms with Crippen LogP contribution in [0.15, 0.2) is 12.7 Å². The molecule has 0 spiro atoms. The summed E-state index contributed by atoms with van der Waals surface area (Å²) in [6.45, 7) is 3.22. The minimum absolute atomic E-state index is 0.514. The van der Waals surface area contributed by atoms with E-state index in [4.69, 9.17) is 8.85 Å². The maximum Gasteiger partial charge on any atom is 0.551 e. The molecule has 0 aliphatic carbocycles. The molecule has 0 amide bonds. The van der Waals surface area contributed by atoms with Crippen LogP contribution < -0.4 is 0 Å². The molecule has 0 aromatic carbocycles. The van der Waals surface area contributed by atoms with Crippen LogP contribution in [0, 0.1) is 0 Å². The highest BCUT2D eigenvalue weighted by molar-refractivity contribution is 6.39. The molecule has 4 nitrogen and oxygen atoms in total. The van der Waals surface area contributed by atoms with E-state index >= 15 is 0 Å². The first kappa shape index (κ1) is 9.35. The summed E-state index contributed by atoms with van der Waals surface area (Å²) in [6, 6.07) is 0. The van der Waals surface area contributed by atoms with Crippen molar-refractivity contribution in [3.05, 3.63) is 12.7 Å². The average Bonchev–Trinajstić information content (AvgIpc) is 1.99. The van der Waals surface area contributed by atoms with Gasteiger partial charge in [0.2, 0.25) is 0 Å². The highest BCUT2D eigenvalue weighted by Crippen LogP contribution is 1.88. The molecule has 0 unspecified atom stereocenters. The molecule has 0 rings (SSSR count). The lowest BCUT2D eigenvalue weighted by atomic mass is 10.7. The Kier molecular flexibility index (Phi) is 4.82. The zero-order valence-electron chi connectivity index (χ0n) is 5.99. The van der Waals surface area contributed by atoms with Crippen LogP contribution in [-0.4, -0.2) is 29.7 Å². The number of hydrogen-bond donors (Lipinski definition) is 0. The van der Waals surface area contributed by atoms with E-state index in [-0.39, 0.29) is 0 Å². The van der Waals surface area contributed by atoms with E-state index in [2.05, 4.69) is 11.0 Å². The molecule has 0 saturated heterocycles. The van der Waals surface area contributed by atoms with Gasteiger partial charge in [0.1, 0.15) is 0 Å². The lowest BCUT2D eigenvalue weighted by molar-refractivity contribution is -0.131. The van der Waals surface area contributed by atoms with E-state index in [0.717, 1.165) is 6.08 Å². The van der Waals surface area contributed by atoms with Crippen LogP contribution in [0.3, 0.4) is 0 Å². The van der Waals surface area contributed by atoms with Gasteiger partial charge in [-0.2, -0.15) is 0 Å². The van der Waals surface area contributed by atoms with Crippen molar-refractivity contribution < 1.29 is 18.1 Å². The number of carbonyl (C=O) groups is 1. The number of carbonyl (C=O) groups excluding carboxylic acids is 1. The van der Waals surface area contributed by atoms with Gasteiger partial charge >= 0.3 is 15.5 Å². The minimum atomic E-state index is -2.19. The van der Waals surface area contributed by atoms with Gasteiger partial charge in [0.05, 0.1) is 0 Å². The minimum Gasteiger partial charge on any atom is -0.472 e. The van der Waals surface area contributed by atoms with Crippen molar-refractivity contribution in [3.8, 4) is 0 Å². The van der Waals surface area contributed by atoms with Crippen LogP contribution in [-0.2, 0) is 18.1 Å². The molecule has 0 aromatic heterocycles. The van der Waals surface area contributed by atoms with Gasteiger partial charge in [-0.05, 0) is 0 Å². The standard InChI is InChI=1S/C5H10O4Si/c1-4-5(6)9-10(7-2)8-3/h4,10H,1H2,2-3H3. The van der Waals surface area contributed by atoms with Crippen molar-refractivity contribution in [2.75, 3.05) is 14.2 Å². The van der Waals surface area contributed by atoms with Crippen molar-refractivity contribution in [1.82, 2.24) is 0 Å². The molecular weight excluding hydrogens is 152 g/mol. The molecule has 0 aliphatic rings. The van der Waals surface area contributed by atoms with Crippen molar-refractivity contribution in [1.29, 1.82) is 0 Å². The zero-order valence-corrected chi connectivity index (χ0v) is 7.15. The van der Waals surface area contributed by atoms with E-state index in [9.17, 15) is 4.79 Å². The van der Waals surface area contributed by atoms with Crippen molar-refractivity contribution >= 4 is 15.5 Å². The first-order chi connectivity index (χ1) is 4.74. The Morgan fingerprint density at radius 3 is 2.30 bits per heavy atom. The van der Waals surface area contributed by atoms with Crippen molar-refractivity contribution in [2.24, 2.45) is 0 Å². The summed E-state index contributed by atoms with van der Waals surface area (Å²) in [7, 11) is 0.666. The lowest BCUT2D eigenvalue weighted by Gasteiger charge is -2.08. The molecule has 0 bridgehead atoms. The Labute approximate surface area is 61.4 Å². The van der Waals surface area contributed by atoms with E-state index in [1.165, 1.54) is 14.2 Å². The fourth-order valence-corrected chi connectivity index (χ4v) is 1.01. The van der Waals surface area contributed by atoms with Gasteiger partial charge in [0.25, 0.3) is 0 Å². The third-order valence-corrected chi connectivity index (χ3v) is 1.96. The van der Waals surface area contributed by atoms with Gasteiger partial charge in [-0.15, -0.1) is 0 Å². The van der Waals surface area contributed by atoms with Gasteiger partial charge in [0, 0.05) is 20.3 Å². The third kappa shape index (κ3) is 3.39. The monoisotopic (exact) mass is 162 g/mol. The summed E-state index contributed by atoms with van der Waals surface area (Å²) in [5.41, 5.74) is 0. The SMILES string of the molecule is C=CC(=O)O[SiH](OC)OC. The Hall–Kier alpha value is -0.653. The largest absolute Gasteiger partial charge is 0.551 e. The summed E-state index contributed by atoms with van der Waals surface area (Å²) >= 11 is 0. The van der Waals surface area contributed by atoms with Crippen LogP contribution in [0.25, 0.3) is 0 Å². The molecule has 58 valence electrons. The van der Waals surface area contributed by atoms with E-state index in [0.29, 0.717) is 0 Å². The van der Waals surface area contributed by atoms with Crippen LogP contribution >= 0.6 is 0 Å². The first-order valence-electron chi connectivity index (χ1n) is 2.63. The molecule has 0 heterocycles. The van der Waals surface area contributed by atoms with Crippen molar-refractivity contribution in [2.45, 2.75) is 0 Å². The Bertz CT molecular complexity index is 121. The fraction of sp³-hybridized carbons (Fsp3) is 0.400. The summed E-state index contributed by atoms with van der Waals surface area (Å²) in [5, 5.41) is 0. The van der Waals surface area contributed by atoms with Crippen LogP contribution in [0.5, 0.6) is 0 Å². The Morgan fingerprint density at radius 2 is 2.00 bits per heavy atom. The Morgan fingerprint density at radius 1 is 1.50 bits per heavy atom. The molecular formula is C5H10O4Si. The molecule has 0 saturated carbocycles. The van der Waals surface area contributed by atoms with Crippen LogP contribution in [0.2, 0.25) is 0 Å². The maximum absolute atomic E-state index is 10.5. The zero-order chi connectivity index (χ0) is 7.98. The molecule has 0 aliphatic heterocycles. The summed E-state index contributed by atoms with van der Waals surface area (Å²) in [5.74, 6) is -0.514. The fourth-order valence-electron chi connectivity index (χ4n) is 0.335. The van der Waals surface area contributed by atoms with E-state index in [1.54, 1.807) is 0 Å². The second-order valence-corrected chi connectivity index (χ2v) is 3.16. The molecule has 5 heteroatoms. The maximum atomic E-state index is 10.5. The highest BCUT2D eigenvalue weighted by atomic mass is 28.3. The van der Waals surface area contributed by atoms with Crippen molar-refractivity contribution in [3.63, 3.8) is 0 Å². The molecule has 0 aromatic rings. The molecule has 0 radical (unpaired) electrons. The van der Waals surface area contributed by atoms with Gasteiger partial charge in [-0.25, -0.2) is 4.79 Å². The highest BCUT2D eigenvalue weighted by Gasteiger charge is 2.14. The van der Waals surface area contributed by atoms with Gasteiger partial charge in [-0.1, -0.05) is 6.58 Å². The molecule has 10 heavy (non-hydrogen) atoms. The topological polar surface area (TPSA) is 44.8 Å². The predicted molar refractivity (Wildman–Crippen MR) is 37.5 cm³/mol. The normalized spacial score (nSPS) is 9.50. The third-order valence-electron chi connectivity index (χ3n) is 0.764. The second-order valence-electron chi connectivity index (χ2n) is 1.40. The summed E-state index contributed by atoms with van der Waals surface area (Å²) < 4.78 is 14.0. The number of rotatable bonds is 4. The molecule has 0 atom stereocenters. The van der Waals surface area contributed by atoms with Crippen LogP contribution in [0.1, 0.15) is 0 Å². The quantitative estimate of drug-likeness (QED) is 0.421. The predicted octanol–water partition coefficient (Wildman–Crippen LogP) is -0.274.